The van der Waals surface area contributed by atoms with E-state index in [0.29, 0.717) is 18.5 Å². The third-order valence-corrected chi connectivity index (χ3v) is 4.22. The zero-order valence-corrected chi connectivity index (χ0v) is 12.4. The highest BCUT2D eigenvalue weighted by molar-refractivity contribution is 5.78. The molecule has 2 aliphatic rings. The zero-order valence-electron chi connectivity index (χ0n) is 12.4. The first-order valence-electron chi connectivity index (χ1n) is 7.27. The van der Waals surface area contributed by atoms with Gasteiger partial charge in [-0.15, -0.1) is 0 Å². The maximum absolute atomic E-state index is 11.5. The Morgan fingerprint density at radius 2 is 2.16 bits per heavy atom. The number of carboxylic acids is 1. The zero-order chi connectivity index (χ0) is 14.0. The second-order valence-corrected chi connectivity index (χ2v) is 6.67. The van der Waals surface area contributed by atoms with Crippen molar-refractivity contribution >= 4 is 5.97 Å². The van der Waals surface area contributed by atoms with Gasteiger partial charge in [0.25, 0.3) is 0 Å². The third-order valence-electron chi connectivity index (χ3n) is 4.22. The molecule has 2 fully saturated rings. The van der Waals surface area contributed by atoms with Crippen LogP contribution in [0.15, 0.2) is 0 Å². The minimum Gasteiger partial charge on any atom is -0.480 e. The lowest BCUT2D eigenvalue weighted by molar-refractivity contribution is -0.145. The maximum atomic E-state index is 11.5. The number of likely N-dealkylation sites (tertiary alicyclic amines) is 1. The Hall–Kier alpha value is -0.650. The van der Waals surface area contributed by atoms with Crippen LogP contribution >= 0.6 is 0 Å². The Bertz CT molecular complexity index is 333. The quantitative estimate of drug-likeness (QED) is 0.703. The molecule has 0 amide bonds. The molecule has 2 rings (SSSR count). The molecule has 19 heavy (non-hydrogen) atoms. The molecule has 1 saturated heterocycles. The summed E-state index contributed by atoms with van der Waals surface area (Å²) in [5.41, 5.74) is -0.819. The Balaban J connectivity index is 1.83. The molecule has 1 heterocycles. The number of hydrogen-bond acceptors (Lipinski definition) is 4. The van der Waals surface area contributed by atoms with Crippen molar-refractivity contribution in [1.82, 2.24) is 15.1 Å². The van der Waals surface area contributed by atoms with Crippen LogP contribution in [0.5, 0.6) is 0 Å². The molecular weight excluding hydrogens is 242 g/mol. The van der Waals surface area contributed by atoms with Crippen LogP contribution in [0.3, 0.4) is 0 Å². The number of nitrogens with one attached hydrogen (secondary N) is 1. The lowest BCUT2D eigenvalue weighted by Crippen LogP contribution is -2.57. The third kappa shape index (κ3) is 4.16. The fourth-order valence-electron chi connectivity index (χ4n) is 3.07. The summed E-state index contributed by atoms with van der Waals surface area (Å²) in [5, 5.41) is 12.7. The number of carbonyl (C=O) groups is 1. The molecule has 2 atom stereocenters. The Labute approximate surface area is 115 Å². The van der Waals surface area contributed by atoms with Gasteiger partial charge in [-0.05, 0) is 52.7 Å². The highest BCUT2D eigenvalue weighted by atomic mass is 16.4. The first-order valence-corrected chi connectivity index (χ1v) is 7.27. The average Bonchev–Trinajstić information content (AvgIpc) is 3.00. The minimum atomic E-state index is -0.819. The van der Waals surface area contributed by atoms with E-state index >= 15 is 0 Å². The first-order chi connectivity index (χ1) is 8.89. The minimum absolute atomic E-state index is 0.409. The number of likely N-dealkylation sites (N-methyl/N-ethyl adjacent to an activating group) is 1. The van der Waals surface area contributed by atoms with Gasteiger partial charge in [0.2, 0.25) is 0 Å². The van der Waals surface area contributed by atoms with Crippen LogP contribution in [0.2, 0.25) is 0 Å². The summed E-state index contributed by atoms with van der Waals surface area (Å²) in [7, 11) is 4.18. The van der Waals surface area contributed by atoms with Gasteiger partial charge >= 0.3 is 5.97 Å². The van der Waals surface area contributed by atoms with Gasteiger partial charge in [-0.3, -0.25) is 10.1 Å². The van der Waals surface area contributed by atoms with Gasteiger partial charge in [-0.25, -0.2) is 0 Å². The van der Waals surface area contributed by atoms with Gasteiger partial charge in [-0.2, -0.15) is 0 Å². The topological polar surface area (TPSA) is 55.8 Å². The number of nitrogens with zero attached hydrogens (tertiary/aromatic N) is 2. The summed E-state index contributed by atoms with van der Waals surface area (Å²) in [5.74, 6) is -0.0660. The van der Waals surface area contributed by atoms with E-state index < -0.39 is 11.5 Å². The molecule has 5 heteroatoms. The van der Waals surface area contributed by atoms with Gasteiger partial charge < -0.3 is 14.9 Å². The largest absolute Gasteiger partial charge is 0.480 e. The molecule has 110 valence electrons. The second kappa shape index (κ2) is 5.77. The predicted octanol–water partition coefficient (Wildman–Crippen LogP) is 0.465. The van der Waals surface area contributed by atoms with Crippen molar-refractivity contribution in [3.8, 4) is 0 Å². The highest BCUT2D eigenvalue weighted by Gasteiger charge is 2.39. The van der Waals surface area contributed by atoms with Crippen LogP contribution in [0.1, 0.15) is 26.2 Å². The molecule has 5 nitrogen and oxygen atoms in total. The number of aliphatic carboxylic acids is 1. The van der Waals surface area contributed by atoms with Crippen molar-refractivity contribution in [2.45, 2.75) is 37.8 Å². The molecule has 1 aliphatic carbocycles. The molecule has 0 spiro atoms. The van der Waals surface area contributed by atoms with Gasteiger partial charge in [0.05, 0.1) is 0 Å². The Morgan fingerprint density at radius 3 is 2.63 bits per heavy atom. The highest BCUT2D eigenvalue weighted by Crippen LogP contribution is 2.23. The molecule has 0 aromatic carbocycles. The van der Waals surface area contributed by atoms with Crippen LogP contribution < -0.4 is 5.32 Å². The summed E-state index contributed by atoms with van der Waals surface area (Å²) in [6.45, 7) is 5.66. The number of rotatable bonds is 7. The lowest BCUT2D eigenvalue weighted by Gasteiger charge is -2.32. The van der Waals surface area contributed by atoms with Crippen LogP contribution in [-0.2, 0) is 4.79 Å². The van der Waals surface area contributed by atoms with Crippen LogP contribution in [0, 0.1) is 5.92 Å². The van der Waals surface area contributed by atoms with Gasteiger partial charge in [0.15, 0.2) is 0 Å². The number of carboxylic acid groups (broad SMARTS) is 1. The standard InChI is InChI=1S/C14H27N3O2/c1-14(13(18)19,15-12-4-5-12)10-17(3)9-11-6-7-16(2)8-11/h11-12,15H,4-10H2,1-3H3,(H,18,19). The summed E-state index contributed by atoms with van der Waals surface area (Å²) in [6, 6.07) is 0.409. The average molecular weight is 269 g/mol. The molecule has 2 N–H and O–H groups in total. The lowest BCUT2D eigenvalue weighted by atomic mass is 10.0. The normalized spacial score (nSPS) is 27.7. The van der Waals surface area contributed by atoms with Crippen molar-refractivity contribution in [3.05, 3.63) is 0 Å². The molecule has 0 bridgehead atoms. The fraction of sp³-hybridized carbons (Fsp3) is 0.929. The maximum Gasteiger partial charge on any atom is 0.324 e. The van der Waals surface area contributed by atoms with E-state index in [-0.39, 0.29) is 0 Å². The van der Waals surface area contributed by atoms with Crippen molar-refractivity contribution in [2.24, 2.45) is 5.92 Å². The molecule has 1 saturated carbocycles. The van der Waals surface area contributed by atoms with Crippen LogP contribution in [-0.4, -0.2) is 72.7 Å². The SMILES string of the molecule is CN1CCC(CN(C)CC(C)(NC2CC2)C(=O)O)C1. The van der Waals surface area contributed by atoms with Gasteiger partial charge in [0, 0.05) is 25.7 Å². The molecule has 2 unspecified atom stereocenters. The summed E-state index contributed by atoms with van der Waals surface area (Å²) in [6.07, 6.45) is 3.45. The fourth-order valence-corrected chi connectivity index (χ4v) is 3.07. The van der Waals surface area contributed by atoms with Crippen molar-refractivity contribution in [1.29, 1.82) is 0 Å². The van der Waals surface area contributed by atoms with E-state index in [0.717, 1.165) is 32.5 Å². The number of hydrogen-bond donors (Lipinski definition) is 2. The van der Waals surface area contributed by atoms with E-state index in [1.807, 2.05) is 14.0 Å². The molecule has 1 aliphatic heterocycles. The molecule has 0 radical (unpaired) electrons. The predicted molar refractivity (Wildman–Crippen MR) is 75.3 cm³/mol. The Kier molecular flexibility index (Phi) is 4.48. The van der Waals surface area contributed by atoms with Crippen LogP contribution in [0.25, 0.3) is 0 Å². The molecule has 0 aromatic heterocycles. The van der Waals surface area contributed by atoms with Gasteiger partial charge in [0.1, 0.15) is 5.54 Å². The second-order valence-electron chi connectivity index (χ2n) is 6.67. The monoisotopic (exact) mass is 269 g/mol. The Morgan fingerprint density at radius 1 is 1.47 bits per heavy atom. The first kappa shape index (κ1) is 14.8. The van der Waals surface area contributed by atoms with Crippen molar-refractivity contribution in [3.63, 3.8) is 0 Å². The van der Waals surface area contributed by atoms with E-state index in [1.54, 1.807) is 0 Å². The molecular formula is C14H27N3O2. The van der Waals surface area contributed by atoms with E-state index in [2.05, 4.69) is 22.2 Å². The van der Waals surface area contributed by atoms with Crippen LogP contribution in [0.4, 0.5) is 0 Å². The van der Waals surface area contributed by atoms with Crippen molar-refractivity contribution < 1.29 is 9.90 Å². The van der Waals surface area contributed by atoms with Gasteiger partial charge in [-0.1, -0.05) is 0 Å². The van der Waals surface area contributed by atoms with E-state index in [9.17, 15) is 9.90 Å². The van der Waals surface area contributed by atoms with E-state index in [1.165, 1.54) is 6.42 Å². The van der Waals surface area contributed by atoms with E-state index in [4.69, 9.17) is 0 Å². The van der Waals surface area contributed by atoms with Crippen molar-refractivity contribution in [2.75, 3.05) is 40.3 Å². The smallest absolute Gasteiger partial charge is 0.324 e. The molecule has 0 aromatic rings. The summed E-state index contributed by atoms with van der Waals surface area (Å²) < 4.78 is 0. The summed E-state index contributed by atoms with van der Waals surface area (Å²) in [4.78, 5) is 16.0. The summed E-state index contributed by atoms with van der Waals surface area (Å²) >= 11 is 0.